The summed E-state index contributed by atoms with van der Waals surface area (Å²) in [7, 11) is 0. The van der Waals surface area contributed by atoms with Gasteiger partial charge in [0.1, 0.15) is 17.1 Å². The molecule has 0 bridgehead atoms. The second kappa shape index (κ2) is 6.01. The Morgan fingerprint density at radius 3 is 2.29 bits per heavy atom. The molecular weight excluding hydrogens is 269 g/mol. The first kappa shape index (κ1) is 16.8. The lowest BCUT2D eigenvalue weighted by atomic mass is 10.1. The van der Waals surface area contributed by atoms with E-state index in [1.54, 1.807) is 33.8 Å². The van der Waals surface area contributed by atoms with Gasteiger partial charge in [-0.05, 0) is 51.8 Å². The Kier molecular flexibility index (Phi) is 4.80. The monoisotopic (exact) mass is 289 g/mol. The smallest absolute Gasteiger partial charge is 0.355 e. The summed E-state index contributed by atoms with van der Waals surface area (Å²) in [4.78, 5) is 15.1. The number of carbonyl (C=O) groups excluding carboxylic acids is 1. The van der Waals surface area contributed by atoms with Crippen molar-refractivity contribution in [1.82, 2.24) is 4.98 Å². The molecule has 0 radical (unpaired) electrons. The molecule has 2 rings (SSSR count). The van der Waals surface area contributed by atoms with Crippen LogP contribution in [0, 0.1) is 32.5 Å². The Labute approximate surface area is 124 Å². The van der Waals surface area contributed by atoms with Crippen LogP contribution in [0.3, 0.4) is 0 Å². The van der Waals surface area contributed by atoms with Crippen molar-refractivity contribution in [2.45, 2.75) is 40.2 Å². The molecule has 0 saturated heterocycles. The van der Waals surface area contributed by atoms with Gasteiger partial charge in [-0.25, -0.2) is 9.18 Å². The predicted molar refractivity (Wildman–Crippen MR) is 82.8 cm³/mol. The van der Waals surface area contributed by atoms with Crippen LogP contribution in [0.15, 0.2) is 12.1 Å². The van der Waals surface area contributed by atoms with Crippen molar-refractivity contribution in [1.29, 1.82) is 0 Å². The van der Waals surface area contributed by atoms with Crippen molar-refractivity contribution in [3.63, 3.8) is 0 Å². The van der Waals surface area contributed by atoms with Gasteiger partial charge in [0.2, 0.25) is 0 Å². The van der Waals surface area contributed by atoms with Gasteiger partial charge >= 0.3 is 5.97 Å². The number of H-pyrrole nitrogens is 1. The first-order valence-electron chi connectivity index (χ1n) is 6.55. The first-order chi connectivity index (χ1) is 9.70. The van der Waals surface area contributed by atoms with Crippen LogP contribution in [0.4, 0.5) is 4.39 Å². The number of ether oxygens (including phenoxy) is 1. The maximum atomic E-state index is 13.9. The van der Waals surface area contributed by atoms with Crippen molar-refractivity contribution in [3.8, 4) is 12.8 Å². The average Bonchev–Trinajstić information content (AvgIpc) is 2.74. The van der Waals surface area contributed by atoms with Crippen molar-refractivity contribution in [2.75, 3.05) is 0 Å². The molecule has 0 aliphatic carbocycles. The van der Waals surface area contributed by atoms with Gasteiger partial charge in [0.05, 0.1) is 5.52 Å². The number of hydrogen-bond donors (Lipinski definition) is 1. The third-order valence-corrected chi connectivity index (χ3v) is 2.97. The van der Waals surface area contributed by atoms with Crippen molar-refractivity contribution < 1.29 is 13.9 Å². The van der Waals surface area contributed by atoms with E-state index in [1.807, 2.05) is 6.92 Å². The largest absolute Gasteiger partial charge is 0.455 e. The molecule has 3 nitrogen and oxygen atoms in total. The molecule has 2 aromatic rings. The van der Waals surface area contributed by atoms with Crippen molar-refractivity contribution in [2.24, 2.45) is 0 Å². The zero-order valence-corrected chi connectivity index (χ0v) is 13.0. The molecule has 4 heteroatoms. The molecule has 0 saturated carbocycles. The van der Waals surface area contributed by atoms with Gasteiger partial charge in [0.15, 0.2) is 0 Å². The molecule has 0 spiro atoms. The number of halogens is 1. The van der Waals surface area contributed by atoms with Crippen LogP contribution >= 0.6 is 0 Å². The molecule has 1 aromatic heterocycles. The molecule has 21 heavy (non-hydrogen) atoms. The van der Waals surface area contributed by atoms with Gasteiger partial charge in [0, 0.05) is 5.39 Å². The summed E-state index contributed by atoms with van der Waals surface area (Å²) in [5.41, 5.74) is 1.88. The van der Waals surface area contributed by atoms with E-state index in [1.165, 1.54) is 6.07 Å². The lowest BCUT2D eigenvalue weighted by Crippen LogP contribution is -2.24. The van der Waals surface area contributed by atoms with Crippen LogP contribution in [-0.4, -0.2) is 16.6 Å². The molecule has 112 valence electrons. The number of terminal acetylenes is 1. The Hall–Kier alpha value is -2.28. The number of fused-ring (bicyclic) bond motifs is 1. The second-order valence-electron chi connectivity index (χ2n) is 5.74. The summed E-state index contributed by atoms with van der Waals surface area (Å²) >= 11 is 0. The number of carbonyl (C=O) groups is 1. The second-order valence-corrected chi connectivity index (χ2v) is 5.74. The zero-order valence-electron chi connectivity index (χ0n) is 13.0. The Morgan fingerprint density at radius 1 is 1.24 bits per heavy atom. The minimum absolute atomic E-state index is 0.318. The van der Waals surface area contributed by atoms with Crippen LogP contribution in [0.25, 0.3) is 10.9 Å². The number of hydrogen-bond acceptors (Lipinski definition) is 2. The van der Waals surface area contributed by atoms with Crippen LogP contribution in [0.5, 0.6) is 0 Å². The summed E-state index contributed by atoms with van der Waals surface area (Å²) in [6.45, 7) is 9.00. The zero-order chi connectivity index (χ0) is 16.4. The predicted octanol–water partition coefficient (Wildman–Crippen LogP) is 4.13. The first-order valence-corrected chi connectivity index (χ1v) is 6.55. The average molecular weight is 289 g/mol. The van der Waals surface area contributed by atoms with E-state index in [4.69, 9.17) is 4.74 Å². The molecule has 1 heterocycles. The number of nitrogens with one attached hydrogen (secondary N) is 1. The Morgan fingerprint density at radius 2 is 1.81 bits per heavy atom. The number of rotatable bonds is 1. The maximum Gasteiger partial charge on any atom is 0.355 e. The number of aromatic amines is 1. The van der Waals surface area contributed by atoms with E-state index in [9.17, 15) is 9.18 Å². The van der Waals surface area contributed by atoms with Gasteiger partial charge in [-0.1, -0.05) is 6.07 Å². The van der Waals surface area contributed by atoms with Crippen molar-refractivity contribution in [3.05, 3.63) is 34.8 Å². The quantitative estimate of drug-likeness (QED) is 0.633. The Bertz CT molecular complexity index is 690. The molecule has 0 amide bonds. The fourth-order valence-corrected chi connectivity index (χ4v) is 2.09. The highest BCUT2D eigenvalue weighted by atomic mass is 19.1. The third-order valence-electron chi connectivity index (χ3n) is 2.97. The summed E-state index contributed by atoms with van der Waals surface area (Å²) < 4.78 is 19.2. The SMILES string of the molecule is C#C.Cc1ccc(F)c2c(C)c(C(=O)OC(C)(C)C)[nH]c12. The standard InChI is InChI=1S/C15H18FNO2.C2H2/c1-8-6-7-10(16)11-9(2)13(17-12(8)11)14(18)19-15(3,4)5;1-2/h6-7,17H,1-5H3;1-2H. The van der Waals surface area contributed by atoms with E-state index in [2.05, 4.69) is 17.8 Å². The number of aryl methyl sites for hydroxylation is 2. The van der Waals surface area contributed by atoms with Gasteiger partial charge in [-0.15, -0.1) is 12.8 Å². The fourth-order valence-electron chi connectivity index (χ4n) is 2.09. The molecule has 1 N–H and O–H groups in total. The topological polar surface area (TPSA) is 42.1 Å². The van der Waals surface area contributed by atoms with Gasteiger partial charge in [-0.3, -0.25) is 0 Å². The van der Waals surface area contributed by atoms with Crippen LogP contribution in [0.2, 0.25) is 0 Å². The van der Waals surface area contributed by atoms with E-state index in [-0.39, 0.29) is 5.82 Å². The minimum Gasteiger partial charge on any atom is -0.455 e. The van der Waals surface area contributed by atoms with E-state index in [0.29, 0.717) is 22.2 Å². The number of benzene rings is 1. The molecule has 0 fully saturated rings. The summed E-state index contributed by atoms with van der Waals surface area (Å²) in [5.74, 6) is -0.788. The fraction of sp³-hybridized carbons (Fsp3) is 0.353. The molecular formula is C17H20FNO2. The summed E-state index contributed by atoms with van der Waals surface area (Å²) in [6, 6.07) is 3.10. The van der Waals surface area contributed by atoms with E-state index >= 15 is 0 Å². The third kappa shape index (κ3) is 3.43. The molecule has 0 atom stereocenters. The molecule has 1 aromatic carbocycles. The molecule has 0 aliphatic rings. The highest BCUT2D eigenvalue weighted by Gasteiger charge is 2.23. The maximum absolute atomic E-state index is 13.9. The number of aromatic nitrogens is 1. The van der Waals surface area contributed by atoms with Crippen LogP contribution in [-0.2, 0) is 4.74 Å². The number of esters is 1. The molecule has 0 aliphatic heterocycles. The van der Waals surface area contributed by atoms with E-state index < -0.39 is 11.6 Å². The molecule has 0 unspecified atom stereocenters. The summed E-state index contributed by atoms with van der Waals surface area (Å²) in [6.07, 6.45) is 8.00. The van der Waals surface area contributed by atoms with Crippen molar-refractivity contribution >= 4 is 16.9 Å². The van der Waals surface area contributed by atoms with Crippen LogP contribution in [0.1, 0.15) is 42.4 Å². The van der Waals surface area contributed by atoms with Gasteiger partial charge in [-0.2, -0.15) is 0 Å². The normalized spacial score (nSPS) is 10.9. The van der Waals surface area contributed by atoms with Crippen LogP contribution < -0.4 is 0 Å². The highest BCUT2D eigenvalue weighted by Crippen LogP contribution is 2.28. The summed E-state index contributed by atoms with van der Waals surface area (Å²) in [5, 5.41) is 0.459. The van der Waals surface area contributed by atoms with E-state index in [0.717, 1.165) is 5.56 Å². The lowest BCUT2D eigenvalue weighted by molar-refractivity contribution is 0.00631. The lowest BCUT2D eigenvalue weighted by Gasteiger charge is -2.19. The van der Waals surface area contributed by atoms with Gasteiger partial charge in [0.25, 0.3) is 0 Å². The highest BCUT2D eigenvalue weighted by molar-refractivity contribution is 5.99. The minimum atomic E-state index is -0.575. The van der Waals surface area contributed by atoms with Gasteiger partial charge < -0.3 is 9.72 Å². The Balaban J connectivity index is 0.00000106.